The highest BCUT2D eigenvalue weighted by molar-refractivity contribution is 7.99. The van der Waals surface area contributed by atoms with E-state index in [1.54, 1.807) is 0 Å². The molecule has 0 bridgehead atoms. The van der Waals surface area contributed by atoms with Gasteiger partial charge in [0, 0.05) is 23.7 Å². The highest BCUT2D eigenvalue weighted by Gasteiger charge is 2.41. The molecule has 2 N–H and O–H groups in total. The summed E-state index contributed by atoms with van der Waals surface area (Å²) in [4.78, 5) is 0. The summed E-state index contributed by atoms with van der Waals surface area (Å²) in [5.74, 6) is 1.88. The van der Waals surface area contributed by atoms with Crippen molar-refractivity contribution < 1.29 is 4.74 Å². The van der Waals surface area contributed by atoms with Crippen molar-refractivity contribution in [2.75, 3.05) is 12.4 Å². The molecule has 3 aliphatic rings. The summed E-state index contributed by atoms with van der Waals surface area (Å²) in [5.41, 5.74) is 6.77. The first kappa shape index (κ1) is 15.2. The van der Waals surface area contributed by atoms with E-state index in [0.29, 0.717) is 12.0 Å². The lowest BCUT2D eigenvalue weighted by atomic mass is 9.81. The summed E-state index contributed by atoms with van der Waals surface area (Å²) in [6, 6.07) is 0.392. The Morgan fingerprint density at radius 3 is 2.55 bits per heavy atom. The zero-order chi connectivity index (χ0) is 13.8. The van der Waals surface area contributed by atoms with Gasteiger partial charge in [-0.15, -0.1) is 0 Å². The molecule has 0 amide bonds. The Kier molecular flexibility index (Phi) is 5.33. The molecule has 0 aromatic rings. The standard InChI is InChI=1S/C17H31NOS/c18-16(13-20-15-6-2-1-3-7-15)14-8-11-19-17(12-14)9-4-5-10-17/h14-16H,1-13,18H2. The smallest absolute Gasteiger partial charge is 0.0685 e. The van der Waals surface area contributed by atoms with E-state index in [0.717, 1.165) is 11.9 Å². The minimum absolute atomic E-state index is 0.232. The average molecular weight is 298 g/mol. The zero-order valence-electron chi connectivity index (χ0n) is 12.8. The molecule has 0 aromatic heterocycles. The van der Waals surface area contributed by atoms with E-state index in [1.807, 2.05) is 0 Å². The van der Waals surface area contributed by atoms with Gasteiger partial charge in [-0.1, -0.05) is 32.1 Å². The summed E-state index contributed by atoms with van der Waals surface area (Å²) in [7, 11) is 0. The molecule has 1 aliphatic heterocycles. The van der Waals surface area contributed by atoms with E-state index in [-0.39, 0.29) is 5.60 Å². The lowest BCUT2D eigenvalue weighted by Gasteiger charge is -2.40. The van der Waals surface area contributed by atoms with Crippen LogP contribution in [0.4, 0.5) is 0 Å². The topological polar surface area (TPSA) is 35.2 Å². The van der Waals surface area contributed by atoms with Crippen LogP contribution in [0.1, 0.15) is 70.6 Å². The van der Waals surface area contributed by atoms with Gasteiger partial charge in [0.25, 0.3) is 0 Å². The molecule has 2 aliphatic carbocycles. The van der Waals surface area contributed by atoms with Crippen molar-refractivity contribution in [1.29, 1.82) is 0 Å². The van der Waals surface area contributed by atoms with Gasteiger partial charge in [-0.3, -0.25) is 0 Å². The summed E-state index contributed by atoms with van der Waals surface area (Å²) >= 11 is 2.16. The molecule has 1 saturated heterocycles. The third kappa shape index (κ3) is 3.72. The van der Waals surface area contributed by atoms with Crippen LogP contribution >= 0.6 is 11.8 Å². The Labute approximate surface area is 128 Å². The van der Waals surface area contributed by atoms with Gasteiger partial charge >= 0.3 is 0 Å². The molecule has 0 radical (unpaired) electrons. The van der Waals surface area contributed by atoms with Gasteiger partial charge in [-0.2, -0.15) is 11.8 Å². The molecule has 3 fully saturated rings. The first-order valence-corrected chi connectivity index (χ1v) is 9.83. The van der Waals surface area contributed by atoms with Crippen molar-refractivity contribution in [2.24, 2.45) is 11.7 Å². The van der Waals surface area contributed by atoms with Crippen molar-refractivity contribution in [3.8, 4) is 0 Å². The molecule has 1 spiro atoms. The van der Waals surface area contributed by atoms with E-state index in [1.165, 1.54) is 76.4 Å². The van der Waals surface area contributed by atoms with Crippen LogP contribution in [-0.4, -0.2) is 29.3 Å². The number of hydrogen-bond acceptors (Lipinski definition) is 3. The molecule has 2 nitrogen and oxygen atoms in total. The van der Waals surface area contributed by atoms with Crippen molar-refractivity contribution in [3.63, 3.8) is 0 Å². The Balaban J connectivity index is 1.45. The van der Waals surface area contributed by atoms with Crippen molar-refractivity contribution in [2.45, 2.75) is 87.5 Å². The number of thioether (sulfide) groups is 1. The Morgan fingerprint density at radius 2 is 1.80 bits per heavy atom. The van der Waals surface area contributed by atoms with Gasteiger partial charge in [0.15, 0.2) is 0 Å². The monoisotopic (exact) mass is 297 g/mol. The van der Waals surface area contributed by atoms with E-state index in [9.17, 15) is 0 Å². The summed E-state index contributed by atoms with van der Waals surface area (Å²) in [6.07, 6.45) is 14.9. The number of rotatable bonds is 4. The third-order valence-electron chi connectivity index (χ3n) is 5.73. The van der Waals surface area contributed by atoms with Crippen LogP contribution in [0.2, 0.25) is 0 Å². The molecule has 20 heavy (non-hydrogen) atoms. The number of nitrogens with two attached hydrogens (primary N) is 1. The maximum absolute atomic E-state index is 6.54. The average Bonchev–Trinajstić information content (AvgIpc) is 2.93. The minimum Gasteiger partial charge on any atom is -0.375 e. The lowest BCUT2D eigenvalue weighted by molar-refractivity contribution is -0.0951. The fourth-order valence-electron chi connectivity index (χ4n) is 4.41. The Morgan fingerprint density at radius 1 is 1.05 bits per heavy atom. The van der Waals surface area contributed by atoms with Gasteiger partial charge in [0.2, 0.25) is 0 Å². The SMILES string of the molecule is NC(CSC1CCCCC1)C1CCOC2(CCCC2)C1. The van der Waals surface area contributed by atoms with E-state index < -0.39 is 0 Å². The van der Waals surface area contributed by atoms with E-state index in [2.05, 4.69) is 11.8 Å². The normalized spacial score (nSPS) is 32.5. The number of ether oxygens (including phenoxy) is 1. The Hall–Kier alpha value is 0.270. The maximum atomic E-state index is 6.54. The molecule has 3 rings (SSSR count). The fraction of sp³-hybridized carbons (Fsp3) is 1.00. The molecule has 2 saturated carbocycles. The summed E-state index contributed by atoms with van der Waals surface area (Å²) in [6.45, 7) is 0.951. The second-order valence-electron chi connectivity index (χ2n) is 7.25. The van der Waals surface area contributed by atoms with Crippen LogP contribution in [0, 0.1) is 5.92 Å². The van der Waals surface area contributed by atoms with Gasteiger partial charge in [0.1, 0.15) is 0 Å². The zero-order valence-corrected chi connectivity index (χ0v) is 13.6. The minimum atomic E-state index is 0.232. The summed E-state index contributed by atoms with van der Waals surface area (Å²) in [5, 5.41) is 0.898. The van der Waals surface area contributed by atoms with Gasteiger partial charge in [-0.05, 0) is 44.4 Å². The molecule has 2 unspecified atom stereocenters. The molecular formula is C17H31NOS. The van der Waals surface area contributed by atoms with Crippen molar-refractivity contribution in [1.82, 2.24) is 0 Å². The van der Waals surface area contributed by atoms with Crippen LogP contribution in [0.5, 0.6) is 0 Å². The lowest BCUT2D eigenvalue weighted by Crippen LogP contribution is -2.45. The second kappa shape index (κ2) is 7.02. The van der Waals surface area contributed by atoms with Crippen LogP contribution in [0.25, 0.3) is 0 Å². The predicted octanol–water partition coefficient (Wildman–Crippen LogP) is 4.12. The van der Waals surface area contributed by atoms with Crippen LogP contribution < -0.4 is 5.73 Å². The highest BCUT2D eigenvalue weighted by Crippen LogP contribution is 2.43. The quantitative estimate of drug-likeness (QED) is 0.848. The molecule has 2 atom stereocenters. The molecule has 1 heterocycles. The third-order valence-corrected chi connectivity index (χ3v) is 7.25. The van der Waals surface area contributed by atoms with Crippen molar-refractivity contribution in [3.05, 3.63) is 0 Å². The molecular weight excluding hydrogens is 266 g/mol. The largest absolute Gasteiger partial charge is 0.375 e. The highest BCUT2D eigenvalue weighted by atomic mass is 32.2. The van der Waals surface area contributed by atoms with Gasteiger partial charge < -0.3 is 10.5 Å². The van der Waals surface area contributed by atoms with Crippen LogP contribution in [-0.2, 0) is 4.74 Å². The maximum Gasteiger partial charge on any atom is 0.0685 e. The van der Waals surface area contributed by atoms with Crippen molar-refractivity contribution >= 4 is 11.8 Å². The Bertz CT molecular complexity index is 297. The van der Waals surface area contributed by atoms with Gasteiger partial charge in [0.05, 0.1) is 5.60 Å². The molecule has 116 valence electrons. The van der Waals surface area contributed by atoms with Crippen LogP contribution in [0.3, 0.4) is 0 Å². The molecule has 0 aromatic carbocycles. The second-order valence-corrected chi connectivity index (χ2v) is 8.58. The van der Waals surface area contributed by atoms with Crippen LogP contribution in [0.15, 0.2) is 0 Å². The summed E-state index contributed by atoms with van der Waals surface area (Å²) < 4.78 is 6.14. The predicted molar refractivity (Wildman–Crippen MR) is 87.2 cm³/mol. The first-order valence-electron chi connectivity index (χ1n) is 8.79. The molecule has 3 heteroatoms. The fourth-order valence-corrected chi connectivity index (χ4v) is 5.85. The first-order chi connectivity index (χ1) is 9.77. The van der Waals surface area contributed by atoms with E-state index in [4.69, 9.17) is 10.5 Å². The number of hydrogen-bond donors (Lipinski definition) is 1. The van der Waals surface area contributed by atoms with E-state index >= 15 is 0 Å². The van der Waals surface area contributed by atoms with Gasteiger partial charge in [-0.25, -0.2) is 0 Å².